The van der Waals surface area contributed by atoms with Gasteiger partial charge in [0.05, 0.1) is 18.4 Å². The average Bonchev–Trinajstić information content (AvgIpc) is 3.29. The molecule has 1 N–H and O–H groups in total. The summed E-state index contributed by atoms with van der Waals surface area (Å²) < 4.78 is 7.71. The second-order valence-electron chi connectivity index (χ2n) is 7.97. The number of benzene rings is 1. The predicted octanol–water partition coefficient (Wildman–Crippen LogP) is 4.30. The van der Waals surface area contributed by atoms with Gasteiger partial charge in [-0.15, -0.1) is 4.68 Å². The van der Waals surface area contributed by atoms with Gasteiger partial charge in [-0.25, -0.2) is 0 Å². The second-order valence-corrected chi connectivity index (χ2v) is 7.97. The second kappa shape index (κ2) is 9.23. The quantitative estimate of drug-likeness (QED) is 0.636. The Labute approximate surface area is 184 Å². The van der Waals surface area contributed by atoms with Crippen molar-refractivity contribution in [2.24, 2.45) is 4.99 Å². The molecule has 1 atom stereocenters. The lowest BCUT2D eigenvalue weighted by atomic mass is 9.90. The summed E-state index contributed by atoms with van der Waals surface area (Å²) >= 11 is 0. The number of H-pyrrole nitrogens is 1. The number of allylic oxidation sites excluding steroid dienone is 4. The number of aromatic amines is 1. The van der Waals surface area contributed by atoms with E-state index >= 15 is 0 Å². The molecule has 2 aliphatic rings. The van der Waals surface area contributed by atoms with Crippen molar-refractivity contribution in [3.8, 4) is 0 Å². The molecule has 3 heterocycles. The van der Waals surface area contributed by atoms with Gasteiger partial charge in [0, 0.05) is 38.5 Å². The minimum atomic E-state index is 0. The zero-order chi connectivity index (χ0) is 20.9. The Balaban J connectivity index is 0.00000245. The highest BCUT2D eigenvalue weighted by atomic mass is 16.5. The summed E-state index contributed by atoms with van der Waals surface area (Å²) in [6, 6.07) is 16.9. The zero-order valence-electron chi connectivity index (χ0n) is 17.4. The Bertz CT molecular complexity index is 1110. The van der Waals surface area contributed by atoms with Crippen molar-refractivity contribution in [3.05, 3.63) is 103 Å². The topological polar surface area (TPSA) is 54.1 Å². The van der Waals surface area contributed by atoms with E-state index in [2.05, 4.69) is 75.9 Å². The van der Waals surface area contributed by atoms with Gasteiger partial charge in [0.1, 0.15) is 5.69 Å². The SMILES string of the molecule is [CH]1C(c2ccccc2)=CC(=NC2CCCOC2)C=C1c1cc[n+](Cc2cccnc2)[nH]1.[HH]. The van der Waals surface area contributed by atoms with Crippen LogP contribution in [0.25, 0.3) is 11.1 Å². The van der Waals surface area contributed by atoms with Gasteiger partial charge in [0.25, 0.3) is 0 Å². The van der Waals surface area contributed by atoms with Crippen molar-refractivity contribution in [2.45, 2.75) is 25.4 Å². The third kappa shape index (κ3) is 4.89. The predicted molar refractivity (Wildman–Crippen MR) is 124 cm³/mol. The van der Waals surface area contributed by atoms with Crippen LogP contribution in [0.3, 0.4) is 0 Å². The number of hydrogen-bond acceptors (Lipinski definition) is 3. The maximum absolute atomic E-state index is 5.64. The first kappa shape index (κ1) is 19.6. The van der Waals surface area contributed by atoms with Crippen molar-refractivity contribution in [2.75, 3.05) is 13.2 Å². The van der Waals surface area contributed by atoms with Gasteiger partial charge in [0.15, 0.2) is 12.7 Å². The molecule has 5 heteroatoms. The number of rotatable bonds is 5. The maximum atomic E-state index is 5.64. The van der Waals surface area contributed by atoms with Crippen LogP contribution in [-0.4, -0.2) is 35.0 Å². The lowest BCUT2D eigenvalue weighted by molar-refractivity contribution is -0.742. The molecule has 0 amide bonds. The minimum absolute atomic E-state index is 0. The fourth-order valence-corrected chi connectivity index (χ4v) is 4.01. The largest absolute Gasteiger partial charge is 0.379 e. The molecule has 5 rings (SSSR count). The smallest absolute Gasteiger partial charge is 0.198 e. The summed E-state index contributed by atoms with van der Waals surface area (Å²) in [5.41, 5.74) is 6.71. The summed E-state index contributed by atoms with van der Waals surface area (Å²) in [5, 5.41) is 3.51. The number of aromatic nitrogens is 3. The Hall–Kier alpha value is -3.31. The zero-order valence-corrected chi connectivity index (χ0v) is 17.4. The van der Waals surface area contributed by atoms with Crippen molar-refractivity contribution in [1.29, 1.82) is 0 Å². The summed E-state index contributed by atoms with van der Waals surface area (Å²) in [6.07, 6.45) is 14.5. The molecule has 1 aliphatic carbocycles. The third-order valence-corrected chi connectivity index (χ3v) is 5.56. The van der Waals surface area contributed by atoms with Crippen LogP contribution >= 0.6 is 0 Å². The first-order chi connectivity index (χ1) is 15.3. The number of nitrogens with one attached hydrogen (secondary N) is 1. The number of hydrogen-bond donors (Lipinski definition) is 1. The molecule has 0 spiro atoms. The molecule has 31 heavy (non-hydrogen) atoms. The molecule has 1 unspecified atom stereocenters. The van der Waals surface area contributed by atoms with Crippen LogP contribution in [0.2, 0.25) is 0 Å². The summed E-state index contributed by atoms with van der Waals surface area (Å²) in [6.45, 7) is 2.31. The Kier molecular flexibility index (Phi) is 5.85. The highest BCUT2D eigenvalue weighted by Crippen LogP contribution is 2.30. The number of pyridine rings is 1. The van der Waals surface area contributed by atoms with E-state index in [1.807, 2.05) is 18.3 Å². The van der Waals surface area contributed by atoms with Crippen molar-refractivity contribution in [1.82, 2.24) is 10.1 Å². The first-order valence-electron chi connectivity index (χ1n) is 10.8. The van der Waals surface area contributed by atoms with Crippen molar-refractivity contribution in [3.63, 3.8) is 0 Å². The molecular formula is C26H28N4O+. The van der Waals surface area contributed by atoms with Gasteiger partial charge in [-0.1, -0.05) is 30.3 Å². The van der Waals surface area contributed by atoms with Crippen LogP contribution in [0.4, 0.5) is 0 Å². The maximum Gasteiger partial charge on any atom is 0.198 e. The monoisotopic (exact) mass is 412 g/mol. The van der Waals surface area contributed by atoms with Gasteiger partial charge >= 0.3 is 0 Å². The van der Waals surface area contributed by atoms with Crippen LogP contribution in [0.1, 0.15) is 31.1 Å². The summed E-state index contributed by atoms with van der Waals surface area (Å²) in [4.78, 5) is 9.22. The van der Waals surface area contributed by atoms with E-state index in [-0.39, 0.29) is 7.47 Å². The van der Waals surface area contributed by atoms with Crippen LogP contribution in [0.5, 0.6) is 0 Å². The van der Waals surface area contributed by atoms with E-state index in [1.165, 1.54) is 11.1 Å². The summed E-state index contributed by atoms with van der Waals surface area (Å²) in [5.74, 6) is 0. The highest BCUT2D eigenvalue weighted by Gasteiger charge is 2.20. The van der Waals surface area contributed by atoms with E-state index in [0.29, 0.717) is 6.61 Å². The molecule has 0 bridgehead atoms. The number of nitrogens with zero attached hydrogens (tertiary/aromatic N) is 3. The van der Waals surface area contributed by atoms with Crippen LogP contribution in [-0.2, 0) is 11.3 Å². The van der Waals surface area contributed by atoms with Crippen molar-refractivity contribution < 1.29 is 10.8 Å². The molecule has 0 saturated carbocycles. The van der Waals surface area contributed by atoms with Gasteiger partial charge < -0.3 is 4.74 Å². The van der Waals surface area contributed by atoms with Gasteiger partial charge in [-0.05, 0) is 53.8 Å². The summed E-state index contributed by atoms with van der Waals surface area (Å²) in [7, 11) is 0. The lowest BCUT2D eigenvalue weighted by Crippen LogP contribution is -2.35. The van der Waals surface area contributed by atoms with E-state index in [1.54, 1.807) is 6.20 Å². The molecule has 1 fully saturated rings. The Morgan fingerprint density at radius 1 is 1.10 bits per heavy atom. The molecule has 1 aromatic carbocycles. The van der Waals surface area contributed by atoms with Crippen LogP contribution < -0.4 is 4.68 Å². The molecule has 3 aromatic rings. The Morgan fingerprint density at radius 2 is 2.00 bits per heavy atom. The number of aliphatic imine (C=N–C) groups is 1. The molecule has 5 nitrogen and oxygen atoms in total. The van der Waals surface area contributed by atoms with Crippen LogP contribution in [0, 0.1) is 6.42 Å². The molecule has 1 saturated heterocycles. The highest BCUT2D eigenvalue weighted by molar-refractivity contribution is 6.18. The normalized spacial score (nSPS) is 20.4. The molecule has 1 aliphatic heterocycles. The molecule has 2 aromatic heterocycles. The van der Waals surface area contributed by atoms with E-state index in [4.69, 9.17) is 9.73 Å². The molecule has 1 radical (unpaired) electrons. The number of ether oxygens (including phenoxy) is 1. The van der Waals surface area contributed by atoms with Gasteiger partial charge in [0.2, 0.25) is 0 Å². The molecule has 157 valence electrons. The van der Waals surface area contributed by atoms with Crippen molar-refractivity contribution >= 4 is 16.9 Å². The standard InChI is InChI=1S/C26H25N4O.H2/c1-2-7-21(8-3-1)22-14-23(16-25(15-22)28-24-9-5-13-31-19-24)26-10-12-30(29-26)18-20-6-4-11-27-17-20;/h1-4,6-8,10-12,14-17,24H,5,9,13,18-19H2;1H/p+1. The minimum Gasteiger partial charge on any atom is -0.379 e. The van der Waals surface area contributed by atoms with E-state index in [9.17, 15) is 0 Å². The fraction of sp³-hybridized carbons (Fsp3) is 0.231. The first-order valence-corrected chi connectivity index (χ1v) is 10.8. The lowest BCUT2D eigenvalue weighted by Gasteiger charge is -2.21. The van der Waals surface area contributed by atoms with Crippen LogP contribution in [0.15, 0.2) is 84.3 Å². The fourth-order valence-electron chi connectivity index (χ4n) is 4.01. The average molecular weight is 413 g/mol. The van der Waals surface area contributed by atoms with E-state index in [0.717, 1.165) is 48.5 Å². The molecular weight excluding hydrogens is 384 g/mol. The van der Waals surface area contributed by atoms with E-state index < -0.39 is 0 Å². The Morgan fingerprint density at radius 3 is 2.81 bits per heavy atom. The van der Waals surface area contributed by atoms with Gasteiger partial charge in [-0.2, -0.15) is 5.10 Å². The third-order valence-electron chi connectivity index (χ3n) is 5.56. The van der Waals surface area contributed by atoms with Gasteiger partial charge in [-0.3, -0.25) is 9.98 Å².